The Balaban J connectivity index is 2.15. The minimum absolute atomic E-state index is 0.232. The van der Waals surface area contributed by atoms with Crippen molar-refractivity contribution in [3.8, 4) is 0 Å². The minimum Gasteiger partial charge on any atom is -0.387 e. The number of halogens is 3. The summed E-state index contributed by atoms with van der Waals surface area (Å²) < 4.78 is 37.3. The number of nitrogens with zero attached hydrogens (tertiary/aromatic N) is 1. The highest BCUT2D eigenvalue weighted by Crippen LogP contribution is 2.35. The lowest BCUT2D eigenvalue weighted by atomic mass is 10.0. The van der Waals surface area contributed by atoms with E-state index in [1.54, 1.807) is 0 Å². The monoisotopic (exact) mass is 287 g/mol. The van der Waals surface area contributed by atoms with E-state index in [0.717, 1.165) is 17.3 Å². The number of aliphatic hydroxyl groups excluding tert-OH is 1. The van der Waals surface area contributed by atoms with Crippen LogP contribution in [-0.2, 0) is 12.6 Å². The molecule has 0 radical (unpaired) electrons. The van der Waals surface area contributed by atoms with Crippen molar-refractivity contribution in [3.63, 3.8) is 0 Å². The lowest BCUT2D eigenvalue weighted by Gasteiger charge is -2.10. The van der Waals surface area contributed by atoms with Crippen molar-refractivity contribution in [2.45, 2.75) is 25.6 Å². The zero-order chi connectivity index (χ0) is 14.0. The molecule has 0 spiro atoms. The molecule has 0 bridgehead atoms. The summed E-state index contributed by atoms with van der Waals surface area (Å²) >= 11 is 0.487. The number of alkyl halides is 3. The van der Waals surface area contributed by atoms with Crippen LogP contribution in [0.1, 0.15) is 27.1 Å². The molecule has 0 saturated heterocycles. The topological polar surface area (TPSA) is 33.1 Å². The van der Waals surface area contributed by atoms with Crippen LogP contribution >= 0.6 is 11.3 Å². The number of hydrogen-bond donors (Lipinski definition) is 1. The van der Waals surface area contributed by atoms with Gasteiger partial charge in [-0.2, -0.15) is 13.2 Å². The predicted molar refractivity (Wildman–Crippen MR) is 67.0 cm³/mol. The molecule has 6 heteroatoms. The normalized spacial score (nSPS) is 13.5. The molecule has 0 aliphatic rings. The van der Waals surface area contributed by atoms with E-state index in [2.05, 4.69) is 4.98 Å². The maximum atomic E-state index is 12.4. The maximum absolute atomic E-state index is 12.4. The first kappa shape index (κ1) is 14.0. The molecule has 19 heavy (non-hydrogen) atoms. The summed E-state index contributed by atoms with van der Waals surface area (Å²) in [5, 5.41) is 9.06. The zero-order valence-electron chi connectivity index (χ0n) is 10.1. The number of hydrogen-bond acceptors (Lipinski definition) is 3. The van der Waals surface area contributed by atoms with Crippen molar-refractivity contribution in [3.05, 3.63) is 51.5 Å². The van der Waals surface area contributed by atoms with Crippen molar-refractivity contribution >= 4 is 11.3 Å². The second-order valence-electron chi connectivity index (χ2n) is 4.21. The molecule has 0 saturated carbocycles. The Morgan fingerprint density at radius 2 is 2.00 bits per heavy atom. The number of thiazole rings is 1. The number of benzene rings is 1. The van der Waals surface area contributed by atoms with Crippen LogP contribution in [0.3, 0.4) is 0 Å². The predicted octanol–water partition coefficient (Wildman–Crippen LogP) is 3.75. The van der Waals surface area contributed by atoms with E-state index < -0.39 is 17.3 Å². The average Bonchev–Trinajstić information content (AvgIpc) is 2.81. The van der Waals surface area contributed by atoms with E-state index >= 15 is 0 Å². The SMILES string of the molecule is Cc1ccccc1CC(O)c1cnc(C(F)(F)F)s1. The highest BCUT2D eigenvalue weighted by Gasteiger charge is 2.35. The van der Waals surface area contributed by atoms with Crippen LogP contribution < -0.4 is 0 Å². The van der Waals surface area contributed by atoms with Gasteiger partial charge in [0.1, 0.15) is 0 Å². The number of aliphatic hydroxyl groups is 1. The van der Waals surface area contributed by atoms with Crippen LogP contribution in [0.25, 0.3) is 0 Å². The highest BCUT2D eigenvalue weighted by atomic mass is 32.1. The van der Waals surface area contributed by atoms with Gasteiger partial charge in [-0.3, -0.25) is 0 Å². The first-order chi connectivity index (χ1) is 8.88. The fraction of sp³-hybridized carbons (Fsp3) is 0.308. The average molecular weight is 287 g/mol. The fourth-order valence-electron chi connectivity index (χ4n) is 1.72. The van der Waals surface area contributed by atoms with Crippen molar-refractivity contribution in [2.75, 3.05) is 0 Å². The van der Waals surface area contributed by atoms with Gasteiger partial charge in [-0.05, 0) is 18.1 Å². The molecular formula is C13H12F3NOS. The van der Waals surface area contributed by atoms with Crippen LogP contribution in [-0.4, -0.2) is 10.1 Å². The summed E-state index contributed by atoms with van der Waals surface area (Å²) in [6, 6.07) is 7.46. The molecule has 1 unspecified atom stereocenters. The van der Waals surface area contributed by atoms with Crippen LogP contribution in [0.5, 0.6) is 0 Å². The molecular weight excluding hydrogens is 275 g/mol. The number of rotatable bonds is 3. The fourth-order valence-corrected chi connectivity index (χ4v) is 2.49. The summed E-state index contributed by atoms with van der Waals surface area (Å²) in [6.07, 6.45) is -4.04. The second kappa shape index (κ2) is 5.30. The van der Waals surface area contributed by atoms with E-state index in [0.29, 0.717) is 11.3 Å². The Morgan fingerprint density at radius 1 is 1.32 bits per heavy atom. The third kappa shape index (κ3) is 3.33. The Kier molecular flexibility index (Phi) is 3.91. The van der Waals surface area contributed by atoms with Gasteiger partial charge in [-0.15, -0.1) is 11.3 Å². The summed E-state index contributed by atoms with van der Waals surface area (Å²) in [5.74, 6) is 0. The molecule has 0 amide bonds. The van der Waals surface area contributed by atoms with E-state index in [1.165, 1.54) is 0 Å². The van der Waals surface area contributed by atoms with Crippen molar-refractivity contribution in [1.82, 2.24) is 4.98 Å². The molecule has 1 N–H and O–H groups in total. The zero-order valence-corrected chi connectivity index (χ0v) is 10.9. The quantitative estimate of drug-likeness (QED) is 0.932. The third-order valence-electron chi connectivity index (χ3n) is 2.77. The van der Waals surface area contributed by atoms with Crippen molar-refractivity contribution in [2.24, 2.45) is 0 Å². The lowest BCUT2D eigenvalue weighted by molar-refractivity contribution is -0.137. The van der Waals surface area contributed by atoms with Gasteiger partial charge in [-0.1, -0.05) is 24.3 Å². The van der Waals surface area contributed by atoms with Gasteiger partial charge in [0.2, 0.25) is 0 Å². The molecule has 1 aromatic carbocycles. The Labute approximate surface area is 112 Å². The number of aromatic nitrogens is 1. The first-order valence-corrected chi connectivity index (χ1v) is 6.45. The highest BCUT2D eigenvalue weighted by molar-refractivity contribution is 7.11. The van der Waals surface area contributed by atoms with Gasteiger partial charge >= 0.3 is 6.18 Å². The molecule has 0 aliphatic carbocycles. The van der Waals surface area contributed by atoms with E-state index in [9.17, 15) is 18.3 Å². The van der Waals surface area contributed by atoms with Gasteiger partial charge < -0.3 is 5.11 Å². The standard InChI is InChI=1S/C13H12F3NOS/c1-8-4-2-3-5-9(8)6-10(18)11-7-17-12(19-11)13(14,15)16/h2-5,7,10,18H,6H2,1H3. The minimum atomic E-state index is -4.45. The molecule has 2 rings (SSSR count). The molecule has 1 atom stereocenters. The van der Waals surface area contributed by atoms with Gasteiger partial charge in [0, 0.05) is 12.6 Å². The van der Waals surface area contributed by atoms with Crippen LogP contribution in [0.4, 0.5) is 13.2 Å². The van der Waals surface area contributed by atoms with E-state index in [4.69, 9.17) is 0 Å². The van der Waals surface area contributed by atoms with Crippen LogP contribution in [0, 0.1) is 6.92 Å². The Bertz CT molecular complexity index is 565. The molecule has 2 nitrogen and oxygen atoms in total. The molecule has 1 heterocycles. The summed E-state index contributed by atoms with van der Waals surface area (Å²) in [7, 11) is 0. The van der Waals surface area contributed by atoms with E-state index in [-0.39, 0.29) is 11.3 Å². The van der Waals surface area contributed by atoms with Gasteiger partial charge in [0.05, 0.1) is 11.0 Å². The van der Waals surface area contributed by atoms with E-state index in [1.807, 2.05) is 31.2 Å². The summed E-state index contributed by atoms with van der Waals surface area (Å²) in [4.78, 5) is 3.54. The molecule has 2 aromatic rings. The largest absolute Gasteiger partial charge is 0.443 e. The van der Waals surface area contributed by atoms with Gasteiger partial charge in [0.15, 0.2) is 5.01 Å². The molecule has 0 aliphatic heterocycles. The van der Waals surface area contributed by atoms with Crippen LogP contribution in [0.2, 0.25) is 0 Å². The third-order valence-corrected chi connectivity index (χ3v) is 3.91. The van der Waals surface area contributed by atoms with Crippen LogP contribution in [0.15, 0.2) is 30.5 Å². The smallest absolute Gasteiger partial charge is 0.387 e. The number of aryl methyl sites for hydroxylation is 1. The summed E-state index contributed by atoms with van der Waals surface area (Å²) in [5.41, 5.74) is 1.92. The van der Waals surface area contributed by atoms with Gasteiger partial charge in [0.25, 0.3) is 0 Å². The molecule has 0 fully saturated rings. The second-order valence-corrected chi connectivity index (χ2v) is 5.27. The van der Waals surface area contributed by atoms with Crippen molar-refractivity contribution < 1.29 is 18.3 Å². The molecule has 102 valence electrons. The molecule has 1 aromatic heterocycles. The van der Waals surface area contributed by atoms with Crippen molar-refractivity contribution in [1.29, 1.82) is 0 Å². The first-order valence-electron chi connectivity index (χ1n) is 5.63. The lowest BCUT2D eigenvalue weighted by Crippen LogP contribution is -2.03. The Morgan fingerprint density at radius 3 is 2.58 bits per heavy atom. The summed E-state index contributed by atoms with van der Waals surface area (Å²) in [6.45, 7) is 1.90. The Hall–Kier alpha value is -1.40. The maximum Gasteiger partial charge on any atom is 0.443 e. The van der Waals surface area contributed by atoms with Gasteiger partial charge in [-0.25, -0.2) is 4.98 Å².